The number of ether oxygens (including phenoxy) is 1. The van der Waals surface area contributed by atoms with E-state index in [1.165, 1.54) is 17.9 Å². The van der Waals surface area contributed by atoms with Crippen molar-refractivity contribution in [3.05, 3.63) is 60.0 Å². The fourth-order valence-corrected chi connectivity index (χ4v) is 2.24. The maximum atomic E-state index is 14.0. The quantitative estimate of drug-likeness (QED) is 0.739. The van der Waals surface area contributed by atoms with Crippen LogP contribution >= 0.6 is 0 Å². The molecule has 0 radical (unpaired) electrons. The van der Waals surface area contributed by atoms with Gasteiger partial charge in [0.2, 0.25) is 0 Å². The summed E-state index contributed by atoms with van der Waals surface area (Å²) in [7, 11) is 1.50. The van der Waals surface area contributed by atoms with Crippen molar-refractivity contribution in [3.63, 3.8) is 0 Å². The molecular weight excluding hydrogens is 269 g/mol. The van der Waals surface area contributed by atoms with Crippen LogP contribution < -0.4 is 4.74 Å². The largest absolute Gasteiger partial charge is 0.494 e. The number of aryl methyl sites for hydroxylation is 1. The van der Waals surface area contributed by atoms with E-state index < -0.39 is 5.82 Å². The first-order valence-corrected chi connectivity index (χ1v) is 6.52. The van der Waals surface area contributed by atoms with Gasteiger partial charge in [0.15, 0.2) is 5.82 Å². The minimum Gasteiger partial charge on any atom is -0.494 e. The summed E-state index contributed by atoms with van der Waals surface area (Å²) in [6.45, 7) is 2.00. The highest BCUT2D eigenvalue weighted by Gasteiger charge is 2.14. The first-order valence-electron chi connectivity index (χ1n) is 6.52. The second-order valence-electron chi connectivity index (χ2n) is 4.65. The molecule has 0 N–H and O–H groups in total. The molecule has 0 bridgehead atoms. The van der Waals surface area contributed by atoms with E-state index >= 15 is 0 Å². The van der Waals surface area contributed by atoms with Gasteiger partial charge in [-0.3, -0.25) is 0 Å². The molecule has 0 saturated carbocycles. The Morgan fingerprint density at radius 3 is 2.67 bits per heavy atom. The Bertz CT molecular complexity index is 783. The van der Waals surface area contributed by atoms with E-state index in [2.05, 4.69) is 10.3 Å². The molecule has 0 aliphatic rings. The molecule has 0 unspecified atom stereocenters. The topological polar surface area (TPSA) is 39.9 Å². The van der Waals surface area contributed by atoms with E-state index in [0.29, 0.717) is 11.4 Å². The van der Waals surface area contributed by atoms with Crippen LogP contribution in [-0.2, 0) is 0 Å². The Balaban J connectivity index is 2.10. The third kappa shape index (κ3) is 2.38. The van der Waals surface area contributed by atoms with Gasteiger partial charge in [0.05, 0.1) is 13.3 Å². The van der Waals surface area contributed by atoms with E-state index in [0.717, 1.165) is 11.1 Å². The number of halogens is 1. The normalized spacial score (nSPS) is 10.6. The van der Waals surface area contributed by atoms with Crippen molar-refractivity contribution in [2.24, 2.45) is 0 Å². The molecule has 106 valence electrons. The maximum Gasteiger partial charge on any atom is 0.152 e. The fraction of sp³-hybridized carbons (Fsp3) is 0.125. The predicted octanol–water partition coefficient (Wildman–Crippen LogP) is 3.39. The summed E-state index contributed by atoms with van der Waals surface area (Å²) in [6.07, 6.45) is 1.70. The van der Waals surface area contributed by atoms with Crippen LogP contribution in [0.25, 0.3) is 16.9 Å². The highest BCUT2D eigenvalue weighted by atomic mass is 19.1. The summed E-state index contributed by atoms with van der Waals surface area (Å²) in [5.41, 5.74) is 3.01. The summed E-state index contributed by atoms with van der Waals surface area (Å²) in [6, 6.07) is 12.5. The van der Waals surface area contributed by atoms with Gasteiger partial charge in [-0.25, -0.2) is 9.07 Å². The third-order valence-electron chi connectivity index (χ3n) is 3.31. The number of para-hydroxylation sites is 1. The number of hydrogen-bond donors (Lipinski definition) is 0. The Labute approximate surface area is 121 Å². The van der Waals surface area contributed by atoms with Crippen LogP contribution in [0.2, 0.25) is 0 Å². The van der Waals surface area contributed by atoms with Crippen molar-refractivity contribution in [3.8, 4) is 22.7 Å². The van der Waals surface area contributed by atoms with Crippen LogP contribution in [0.5, 0.6) is 5.75 Å². The molecule has 4 nitrogen and oxygen atoms in total. The molecule has 0 saturated heterocycles. The Kier molecular flexibility index (Phi) is 3.39. The van der Waals surface area contributed by atoms with E-state index in [1.54, 1.807) is 18.3 Å². The minimum absolute atomic E-state index is 0.257. The zero-order valence-corrected chi connectivity index (χ0v) is 11.7. The molecule has 0 spiro atoms. The summed E-state index contributed by atoms with van der Waals surface area (Å²) in [5.74, 6) is 0.00631. The van der Waals surface area contributed by atoms with Crippen molar-refractivity contribution in [2.75, 3.05) is 7.11 Å². The predicted molar refractivity (Wildman–Crippen MR) is 78.0 cm³/mol. The zero-order valence-electron chi connectivity index (χ0n) is 11.7. The van der Waals surface area contributed by atoms with Crippen LogP contribution in [0.15, 0.2) is 48.7 Å². The molecule has 0 amide bonds. The van der Waals surface area contributed by atoms with Gasteiger partial charge >= 0.3 is 0 Å². The van der Waals surface area contributed by atoms with Crippen molar-refractivity contribution in [1.29, 1.82) is 0 Å². The Morgan fingerprint density at radius 1 is 1.10 bits per heavy atom. The van der Waals surface area contributed by atoms with Gasteiger partial charge in [-0.1, -0.05) is 35.5 Å². The second kappa shape index (κ2) is 5.36. The maximum absolute atomic E-state index is 14.0. The lowest BCUT2D eigenvalue weighted by molar-refractivity contribution is 0.407. The number of benzene rings is 2. The molecular formula is C16H14FN3O. The van der Waals surface area contributed by atoms with Crippen LogP contribution in [0.1, 0.15) is 5.56 Å². The SMILES string of the molecule is COc1cccc(F)c1-n1cc(-c2ccccc2C)nn1. The molecule has 0 fully saturated rings. The highest BCUT2D eigenvalue weighted by molar-refractivity contribution is 5.63. The lowest BCUT2D eigenvalue weighted by Gasteiger charge is -2.08. The number of aromatic nitrogens is 3. The monoisotopic (exact) mass is 283 g/mol. The lowest BCUT2D eigenvalue weighted by Crippen LogP contribution is -2.01. The van der Waals surface area contributed by atoms with Crippen LogP contribution in [0, 0.1) is 12.7 Å². The van der Waals surface area contributed by atoms with Gasteiger partial charge in [-0.2, -0.15) is 0 Å². The van der Waals surface area contributed by atoms with Gasteiger partial charge in [0, 0.05) is 5.56 Å². The molecule has 5 heteroatoms. The molecule has 3 aromatic rings. The summed E-state index contributed by atoms with van der Waals surface area (Å²) < 4.78 is 20.6. The molecule has 0 aliphatic heterocycles. The van der Waals surface area contributed by atoms with Gasteiger partial charge in [-0.15, -0.1) is 5.10 Å². The first kappa shape index (κ1) is 13.3. The molecule has 0 aliphatic carbocycles. The van der Waals surface area contributed by atoms with E-state index in [-0.39, 0.29) is 5.69 Å². The van der Waals surface area contributed by atoms with Crippen LogP contribution in [0.4, 0.5) is 4.39 Å². The Morgan fingerprint density at radius 2 is 1.90 bits per heavy atom. The molecule has 0 atom stereocenters. The molecule has 3 rings (SSSR count). The van der Waals surface area contributed by atoms with Gasteiger partial charge < -0.3 is 4.74 Å². The lowest BCUT2D eigenvalue weighted by atomic mass is 10.1. The molecule has 2 aromatic carbocycles. The van der Waals surface area contributed by atoms with Crippen molar-refractivity contribution >= 4 is 0 Å². The average molecular weight is 283 g/mol. The summed E-state index contributed by atoms with van der Waals surface area (Å²) in [5, 5.41) is 8.15. The first-order chi connectivity index (χ1) is 10.2. The molecule has 1 aromatic heterocycles. The smallest absolute Gasteiger partial charge is 0.152 e. The highest BCUT2D eigenvalue weighted by Crippen LogP contribution is 2.27. The minimum atomic E-state index is -0.407. The number of methoxy groups -OCH3 is 1. The number of nitrogens with zero attached hydrogens (tertiary/aromatic N) is 3. The van der Waals surface area contributed by atoms with Gasteiger partial charge in [0.1, 0.15) is 17.1 Å². The second-order valence-corrected chi connectivity index (χ2v) is 4.65. The number of hydrogen-bond acceptors (Lipinski definition) is 3. The van der Waals surface area contributed by atoms with Crippen LogP contribution in [-0.4, -0.2) is 22.1 Å². The van der Waals surface area contributed by atoms with E-state index in [4.69, 9.17) is 4.74 Å². The van der Waals surface area contributed by atoms with Crippen molar-refractivity contribution in [2.45, 2.75) is 6.92 Å². The van der Waals surface area contributed by atoms with Crippen LogP contribution in [0.3, 0.4) is 0 Å². The van der Waals surface area contributed by atoms with Gasteiger partial charge in [0.25, 0.3) is 0 Å². The van der Waals surface area contributed by atoms with Crippen molar-refractivity contribution in [1.82, 2.24) is 15.0 Å². The molecule has 1 heterocycles. The van der Waals surface area contributed by atoms with Gasteiger partial charge in [-0.05, 0) is 24.6 Å². The van der Waals surface area contributed by atoms with E-state index in [9.17, 15) is 4.39 Å². The summed E-state index contributed by atoms with van der Waals surface area (Å²) in [4.78, 5) is 0. The summed E-state index contributed by atoms with van der Waals surface area (Å²) >= 11 is 0. The standard InChI is InChI=1S/C16H14FN3O/c1-11-6-3-4-7-12(11)14-10-20(19-18-14)16-13(17)8-5-9-15(16)21-2/h3-10H,1-2H3. The number of rotatable bonds is 3. The molecule has 21 heavy (non-hydrogen) atoms. The average Bonchev–Trinajstić information content (AvgIpc) is 2.96. The van der Waals surface area contributed by atoms with Crippen molar-refractivity contribution < 1.29 is 9.13 Å². The zero-order chi connectivity index (χ0) is 14.8. The van der Waals surface area contributed by atoms with E-state index in [1.807, 2.05) is 31.2 Å². The third-order valence-corrected chi connectivity index (χ3v) is 3.31. The fourth-order valence-electron chi connectivity index (χ4n) is 2.24. The Hall–Kier alpha value is -2.69.